The number of hydrogen-bond acceptors (Lipinski definition) is 6. The molecule has 0 spiro atoms. The summed E-state index contributed by atoms with van der Waals surface area (Å²) < 4.78 is 16.6. The highest BCUT2D eigenvalue weighted by Gasteiger charge is 2.19. The lowest BCUT2D eigenvalue weighted by atomic mass is 10.00. The van der Waals surface area contributed by atoms with E-state index >= 15 is 0 Å². The monoisotopic (exact) mass is 681 g/mol. The van der Waals surface area contributed by atoms with E-state index in [1.54, 1.807) is 0 Å². The highest BCUT2D eigenvalue weighted by Crippen LogP contribution is 2.16. The molecule has 0 heterocycles. The van der Waals surface area contributed by atoms with Crippen LogP contribution in [0.15, 0.2) is 0 Å². The molecule has 0 N–H and O–H groups in total. The molecule has 2 atom stereocenters. The molecule has 0 aliphatic carbocycles. The average molecular weight is 681 g/mol. The highest BCUT2D eigenvalue weighted by atomic mass is 16.6. The number of rotatable bonds is 37. The van der Waals surface area contributed by atoms with E-state index in [-0.39, 0.29) is 31.1 Å². The Hall–Kier alpha value is -1.59. The van der Waals surface area contributed by atoms with Crippen LogP contribution in [0.25, 0.3) is 0 Å². The van der Waals surface area contributed by atoms with E-state index in [0.29, 0.717) is 19.3 Å². The molecule has 0 amide bonds. The summed E-state index contributed by atoms with van der Waals surface area (Å²) in [6.07, 6.45) is 33.8. The molecule has 0 saturated heterocycles. The predicted molar refractivity (Wildman–Crippen MR) is 201 cm³/mol. The van der Waals surface area contributed by atoms with Gasteiger partial charge in [-0.15, -0.1) is 0 Å². The Morgan fingerprint density at radius 2 is 0.729 bits per heavy atom. The van der Waals surface area contributed by atoms with Crippen molar-refractivity contribution in [2.24, 2.45) is 5.92 Å². The van der Waals surface area contributed by atoms with Gasteiger partial charge in [-0.25, -0.2) is 0 Å². The maximum absolute atomic E-state index is 12.6. The Morgan fingerprint density at radius 1 is 0.417 bits per heavy atom. The zero-order chi connectivity index (χ0) is 35.3. The van der Waals surface area contributed by atoms with Gasteiger partial charge in [0.1, 0.15) is 13.2 Å². The van der Waals surface area contributed by atoms with Crippen molar-refractivity contribution in [1.82, 2.24) is 0 Å². The second-order valence-corrected chi connectivity index (χ2v) is 14.5. The van der Waals surface area contributed by atoms with Gasteiger partial charge in [-0.3, -0.25) is 14.4 Å². The first kappa shape index (κ1) is 46.4. The molecule has 0 aliphatic rings. The largest absolute Gasteiger partial charge is 0.462 e. The standard InChI is InChI=1S/C42H80O6/c1-5-8-10-12-14-15-16-17-18-19-21-27-31-35-42(45)48-39(36-46-40(43)33-29-25-20-13-11-9-6-2)37-47-41(44)34-30-26-23-22-24-28-32-38(4)7-3/h38-39H,5-37H2,1-4H3/t38?,39-/m0/s1. The van der Waals surface area contributed by atoms with E-state index in [1.807, 2.05) is 0 Å². The van der Waals surface area contributed by atoms with Crippen molar-refractivity contribution in [3.05, 3.63) is 0 Å². The summed E-state index contributed by atoms with van der Waals surface area (Å²) in [5, 5.41) is 0. The average Bonchev–Trinajstić information content (AvgIpc) is 3.08. The molecule has 0 radical (unpaired) electrons. The first-order chi connectivity index (χ1) is 23.4. The normalized spacial score (nSPS) is 12.5. The molecule has 0 bridgehead atoms. The Bertz CT molecular complexity index is 723. The van der Waals surface area contributed by atoms with Gasteiger partial charge in [0.2, 0.25) is 0 Å². The molecule has 0 aromatic carbocycles. The van der Waals surface area contributed by atoms with E-state index in [4.69, 9.17) is 14.2 Å². The van der Waals surface area contributed by atoms with Gasteiger partial charge in [0.15, 0.2) is 6.10 Å². The first-order valence-electron chi connectivity index (χ1n) is 20.9. The number of hydrogen-bond donors (Lipinski definition) is 0. The third kappa shape index (κ3) is 34.3. The zero-order valence-corrected chi connectivity index (χ0v) is 32.4. The van der Waals surface area contributed by atoms with E-state index in [9.17, 15) is 14.4 Å². The molecule has 6 nitrogen and oxygen atoms in total. The maximum Gasteiger partial charge on any atom is 0.306 e. The van der Waals surface area contributed by atoms with Crippen molar-refractivity contribution in [1.29, 1.82) is 0 Å². The van der Waals surface area contributed by atoms with Crippen LogP contribution in [0.5, 0.6) is 0 Å². The van der Waals surface area contributed by atoms with Crippen LogP contribution in [-0.4, -0.2) is 37.2 Å². The van der Waals surface area contributed by atoms with E-state index in [1.165, 1.54) is 122 Å². The van der Waals surface area contributed by atoms with Crippen LogP contribution in [0.2, 0.25) is 0 Å². The van der Waals surface area contributed by atoms with Crippen molar-refractivity contribution in [3.8, 4) is 0 Å². The van der Waals surface area contributed by atoms with E-state index < -0.39 is 6.10 Å². The minimum Gasteiger partial charge on any atom is -0.462 e. The van der Waals surface area contributed by atoms with Gasteiger partial charge in [0, 0.05) is 19.3 Å². The summed E-state index contributed by atoms with van der Waals surface area (Å²) in [4.78, 5) is 37.4. The van der Waals surface area contributed by atoms with E-state index in [2.05, 4.69) is 27.7 Å². The van der Waals surface area contributed by atoms with Gasteiger partial charge in [0.25, 0.3) is 0 Å². The summed E-state index contributed by atoms with van der Waals surface area (Å²) in [6, 6.07) is 0. The summed E-state index contributed by atoms with van der Waals surface area (Å²) in [7, 11) is 0. The van der Waals surface area contributed by atoms with Gasteiger partial charge in [-0.05, 0) is 25.2 Å². The van der Waals surface area contributed by atoms with Crippen LogP contribution in [0.3, 0.4) is 0 Å². The molecular formula is C42H80O6. The predicted octanol–water partition coefficient (Wildman–Crippen LogP) is 12.8. The molecule has 0 saturated carbocycles. The summed E-state index contributed by atoms with van der Waals surface area (Å²) in [5.74, 6) is -0.0541. The van der Waals surface area contributed by atoms with Crippen LogP contribution < -0.4 is 0 Å². The fourth-order valence-corrected chi connectivity index (χ4v) is 6.06. The minimum absolute atomic E-state index is 0.0659. The Kier molecular flexibility index (Phi) is 35.5. The molecular weight excluding hydrogens is 600 g/mol. The zero-order valence-electron chi connectivity index (χ0n) is 32.4. The lowest BCUT2D eigenvalue weighted by molar-refractivity contribution is -0.167. The quantitative estimate of drug-likeness (QED) is 0.0369. The van der Waals surface area contributed by atoms with Gasteiger partial charge in [-0.2, -0.15) is 0 Å². The third-order valence-electron chi connectivity index (χ3n) is 9.65. The molecule has 0 aliphatic heterocycles. The molecule has 1 unspecified atom stereocenters. The molecule has 0 aromatic heterocycles. The summed E-state index contributed by atoms with van der Waals surface area (Å²) in [5.41, 5.74) is 0. The number of ether oxygens (including phenoxy) is 3. The molecule has 0 aromatic rings. The van der Waals surface area contributed by atoms with Crippen molar-refractivity contribution in [3.63, 3.8) is 0 Å². The Balaban J connectivity index is 4.32. The summed E-state index contributed by atoms with van der Waals surface area (Å²) in [6.45, 7) is 8.91. The van der Waals surface area contributed by atoms with Gasteiger partial charge >= 0.3 is 17.9 Å². The number of unbranched alkanes of at least 4 members (excludes halogenated alkanes) is 23. The molecule has 48 heavy (non-hydrogen) atoms. The van der Waals surface area contributed by atoms with Crippen molar-refractivity contribution >= 4 is 17.9 Å². The van der Waals surface area contributed by atoms with Crippen LogP contribution >= 0.6 is 0 Å². The van der Waals surface area contributed by atoms with Crippen molar-refractivity contribution < 1.29 is 28.6 Å². The lowest BCUT2D eigenvalue weighted by Gasteiger charge is -2.18. The highest BCUT2D eigenvalue weighted by molar-refractivity contribution is 5.71. The number of esters is 3. The van der Waals surface area contributed by atoms with Crippen LogP contribution in [0.1, 0.15) is 227 Å². The Labute approximate surface area is 298 Å². The van der Waals surface area contributed by atoms with Gasteiger partial charge < -0.3 is 14.2 Å². The lowest BCUT2D eigenvalue weighted by Crippen LogP contribution is -2.30. The van der Waals surface area contributed by atoms with Crippen molar-refractivity contribution in [2.75, 3.05) is 13.2 Å². The Morgan fingerprint density at radius 3 is 1.08 bits per heavy atom. The van der Waals surface area contributed by atoms with Gasteiger partial charge in [-0.1, -0.05) is 188 Å². The van der Waals surface area contributed by atoms with Crippen LogP contribution in [0, 0.1) is 5.92 Å². The van der Waals surface area contributed by atoms with E-state index in [0.717, 1.165) is 63.7 Å². The summed E-state index contributed by atoms with van der Waals surface area (Å²) >= 11 is 0. The first-order valence-corrected chi connectivity index (χ1v) is 20.9. The molecule has 284 valence electrons. The molecule has 0 fully saturated rings. The smallest absolute Gasteiger partial charge is 0.306 e. The number of carbonyl (C=O) groups excluding carboxylic acids is 3. The third-order valence-corrected chi connectivity index (χ3v) is 9.65. The maximum atomic E-state index is 12.6. The minimum atomic E-state index is -0.757. The second-order valence-electron chi connectivity index (χ2n) is 14.5. The topological polar surface area (TPSA) is 78.9 Å². The SMILES string of the molecule is CCCCCCCCCCCCCCCC(=O)O[C@@H](COC(=O)CCCCCCCCC)COC(=O)CCCCCCCCC(C)CC. The fraction of sp³-hybridized carbons (Fsp3) is 0.929. The van der Waals surface area contributed by atoms with Gasteiger partial charge in [0.05, 0.1) is 0 Å². The fourth-order valence-electron chi connectivity index (χ4n) is 6.06. The number of carbonyl (C=O) groups is 3. The van der Waals surface area contributed by atoms with Crippen LogP contribution in [-0.2, 0) is 28.6 Å². The second kappa shape index (κ2) is 36.7. The van der Waals surface area contributed by atoms with Crippen molar-refractivity contribution in [2.45, 2.75) is 233 Å². The molecule has 0 rings (SSSR count). The molecule has 6 heteroatoms. The van der Waals surface area contributed by atoms with Crippen LogP contribution in [0.4, 0.5) is 0 Å².